The van der Waals surface area contributed by atoms with Crippen molar-refractivity contribution in [3.05, 3.63) is 24.1 Å². The predicted octanol–water partition coefficient (Wildman–Crippen LogP) is 3.72. The first kappa shape index (κ1) is 16.5. The van der Waals surface area contributed by atoms with Crippen molar-refractivity contribution in [1.82, 2.24) is 9.88 Å². The second kappa shape index (κ2) is 6.50. The Hall–Kier alpha value is -1.85. The van der Waals surface area contributed by atoms with Crippen LogP contribution in [0.3, 0.4) is 0 Å². The molecule has 2 atom stereocenters. The van der Waals surface area contributed by atoms with Crippen LogP contribution in [0.1, 0.15) is 46.5 Å². The van der Waals surface area contributed by atoms with E-state index in [4.69, 9.17) is 0 Å². The number of pyridine rings is 1. The van der Waals surface area contributed by atoms with Gasteiger partial charge in [0.05, 0.1) is 6.04 Å². The van der Waals surface area contributed by atoms with Gasteiger partial charge in [-0.25, -0.2) is 14.2 Å². The van der Waals surface area contributed by atoms with Crippen molar-refractivity contribution >= 4 is 11.9 Å². The van der Waals surface area contributed by atoms with Crippen molar-refractivity contribution in [3.8, 4) is 0 Å². The van der Waals surface area contributed by atoms with Gasteiger partial charge in [-0.3, -0.25) is 4.90 Å². The summed E-state index contributed by atoms with van der Waals surface area (Å²) in [5, 5.41) is 12.7. The van der Waals surface area contributed by atoms with Crippen LogP contribution < -0.4 is 5.32 Å². The second-order valence-electron chi connectivity index (χ2n) is 6.76. The Kier molecular flexibility index (Phi) is 4.88. The van der Waals surface area contributed by atoms with Crippen molar-refractivity contribution in [2.24, 2.45) is 0 Å². The van der Waals surface area contributed by atoms with E-state index in [9.17, 15) is 14.3 Å². The van der Waals surface area contributed by atoms with E-state index in [1.165, 1.54) is 23.2 Å². The van der Waals surface area contributed by atoms with Crippen molar-refractivity contribution in [1.29, 1.82) is 0 Å². The van der Waals surface area contributed by atoms with Crippen LogP contribution in [-0.2, 0) is 0 Å². The van der Waals surface area contributed by atoms with E-state index < -0.39 is 17.4 Å². The summed E-state index contributed by atoms with van der Waals surface area (Å²) in [6.45, 7) is 5.65. The fourth-order valence-corrected chi connectivity index (χ4v) is 3.18. The minimum atomic E-state index is -0.937. The van der Waals surface area contributed by atoms with Crippen LogP contribution in [0.5, 0.6) is 0 Å². The third-order valence-electron chi connectivity index (χ3n) is 4.07. The Morgan fingerprint density at radius 2 is 2.09 bits per heavy atom. The normalized spacial score (nSPS) is 22.2. The number of aromatic nitrogens is 1. The molecule has 122 valence electrons. The number of hydrogen-bond acceptors (Lipinski definition) is 3. The van der Waals surface area contributed by atoms with Gasteiger partial charge in [0.1, 0.15) is 0 Å². The molecule has 1 saturated carbocycles. The molecule has 1 heterocycles. The van der Waals surface area contributed by atoms with E-state index >= 15 is 0 Å². The van der Waals surface area contributed by atoms with Crippen LogP contribution in [0.2, 0.25) is 0 Å². The maximum atomic E-state index is 13.8. The van der Waals surface area contributed by atoms with Crippen molar-refractivity contribution in [2.75, 3.05) is 5.32 Å². The number of amides is 1. The van der Waals surface area contributed by atoms with E-state index in [0.717, 1.165) is 25.7 Å². The Labute approximate surface area is 130 Å². The molecule has 1 fully saturated rings. The zero-order valence-corrected chi connectivity index (χ0v) is 13.3. The van der Waals surface area contributed by atoms with E-state index in [-0.39, 0.29) is 17.9 Å². The zero-order valence-electron chi connectivity index (χ0n) is 13.3. The highest BCUT2D eigenvalue weighted by atomic mass is 19.1. The molecular formula is C16H24FN3O2. The summed E-state index contributed by atoms with van der Waals surface area (Å²) >= 11 is 0. The minimum Gasteiger partial charge on any atom is -0.465 e. The van der Waals surface area contributed by atoms with Crippen LogP contribution >= 0.6 is 0 Å². The molecule has 0 aromatic carbocycles. The standard InChI is InChI=1S/C16H24FN3O2/c1-16(2,3)20(15(21)22)13-9-5-4-8-12(13)19-14-11(17)7-6-10-18-14/h6-7,10,12-13H,4-5,8-9H2,1-3H3,(H,18,19)(H,21,22)/t12-,13-/m1/s1. The third-order valence-corrected chi connectivity index (χ3v) is 4.07. The highest BCUT2D eigenvalue weighted by Gasteiger charge is 2.39. The number of carbonyl (C=O) groups is 1. The Morgan fingerprint density at radius 3 is 2.68 bits per heavy atom. The van der Waals surface area contributed by atoms with E-state index in [1.807, 2.05) is 20.8 Å². The molecule has 0 aliphatic heterocycles. The molecule has 22 heavy (non-hydrogen) atoms. The van der Waals surface area contributed by atoms with Crippen molar-refractivity contribution < 1.29 is 14.3 Å². The number of anilines is 1. The Morgan fingerprint density at radius 1 is 1.41 bits per heavy atom. The van der Waals surface area contributed by atoms with Gasteiger partial charge in [-0.15, -0.1) is 0 Å². The maximum absolute atomic E-state index is 13.8. The van der Waals surface area contributed by atoms with Crippen molar-refractivity contribution in [2.45, 2.75) is 64.1 Å². The highest BCUT2D eigenvalue weighted by Crippen LogP contribution is 2.30. The van der Waals surface area contributed by atoms with Crippen LogP contribution in [0.4, 0.5) is 15.0 Å². The van der Waals surface area contributed by atoms with E-state index in [1.54, 1.807) is 0 Å². The maximum Gasteiger partial charge on any atom is 0.408 e. The average Bonchev–Trinajstić information content (AvgIpc) is 2.41. The molecule has 0 spiro atoms. The number of carboxylic acid groups (broad SMARTS) is 1. The summed E-state index contributed by atoms with van der Waals surface area (Å²) in [5.41, 5.74) is -0.504. The van der Waals surface area contributed by atoms with Crippen LogP contribution in [0, 0.1) is 5.82 Å². The molecule has 1 amide bonds. The van der Waals surface area contributed by atoms with E-state index in [2.05, 4.69) is 10.3 Å². The smallest absolute Gasteiger partial charge is 0.408 e. The van der Waals surface area contributed by atoms with Gasteiger partial charge in [0.15, 0.2) is 11.6 Å². The lowest BCUT2D eigenvalue weighted by atomic mass is 9.86. The second-order valence-corrected chi connectivity index (χ2v) is 6.76. The quantitative estimate of drug-likeness (QED) is 0.893. The summed E-state index contributed by atoms with van der Waals surface area (Å²) < 4.78 is 13.8. The first-order valence-corrected chi connectivity index (χ1v) is 7.70. The molecule has 1 aromatic heterocycles. The molecule has 0 unspecified atom stereocenters. The number of halogens is 1. The fourth-order valence-electron chi connectivity index (χ4n) is 3.18. The zero-order chi connectivity index (χ0) is 16.3. The third kappa shape index (κ3) is 3.67. The Bertz CT molecular complexity index is 530. The summed E-state index contributed by atoms with van der Waals surface area (Å²) in [5.74, 6) is -0.219. The molecular weight excluding hydrogens is 285 g/mol. The topological polar surface area (TPSA) is 65.5 Å². The Balaban J connectivity index is 2.24. The summed E-state index contributed by atoms with van der Waals surface area (Å²) in [6.07, 6.45) is 4.15. The van der Waals surface area contributed by atoms with Gasteiger partial charge >= 0.3 is 6.09 Å². The van der Waals surface area contributed by atoms with E-state index in [0.29, 0.717) is 0 Å². The van der Waals surface area contributed by atoms with Gasteiger partial charge in [0.2, 0.25) is 0 Å². The molecule has 0 radical (unpaired) electrons. The molecule has 2 N–H and O–H groups in total. The fraction of sp³-hybridized carbons (Fsp3) is 0.625. The lowest BCUT2D eigenvalue weighted by Gasteiger charge is -2.45. The van der Waals surface area contributed by atoms with Gasteiger partial charge in [-0.1, -0.05) is 12.8 Å². The average molecular weight is 309 g/mol. The molecule has 0 saturated heterocycles. The van der Waals surface area contributed by atoms with Gasteiger partial charge in [-0.05, 0) is 45.7 Å². The van der Waals surface area contributed by atoms with Gasteiger partial charge in [0, 0.05) is 17.8 Å². The molecule has 0 bridgehead atoms. The van der Waals surface area contributed by atoms with Gasteiger partial charge in [0.25, 0.3) is 0 Å². The molecule has 2 rings (SSSR count). The molecule has 1 aliphatic rings. The summed E-state index contributed by atoms with van der Waals surface area (Å²) in [7, 11) is 0. The number of rotatable bonds is 3. The summed E-state index contributed by atoms with van der Waals surface area (Å²) in [4.78, 5) is 17.2. The molecule has 6 heteroatoms. The van der Waals surface area contributed by atoms with Crippen molar-refractivity contribution in [3.63, 3.8) is 0 Å². The molecule has 1 aliphatic carbocycles. The number of hydrogen-bond donors (Lipinski definition) is 2. The SMILES string of the molecule is CC(C)(C)N(C(=O)O)[C@@H]1CCCC[C@H]1Nc1ncccc1F. The number of nitrogens with one attached hydrogen (secondary N) is 1. The monoisotopic (exact) mass is 309 g/mol. The lowest BCUT2D eigenvalue weighted by molar-refractivity contribution is 0.0520. The largest absolute Gasteiger partial charge is 0.465 e. The first-order chi connectivity index (χ1) is 10.3. The predicted molar refractivity (Wildman–Crippen MR) is 83.5 cm³/mol. The van der Waals surface area contributed by atoms with Gasteiger partial charge in [-0.2, -0.15) is 0 Å². The molecule has 5 nitrogen and oxygen atoms in total. The van der Waals surface area contributed by atoms with Crippen LogP contribution in [-0.4, -0.2) is 38.7 Å². The summed E-state index contributed by atoms with van der Waals surface area (Å²) in [6, 6.07) is 2.57. The van der Waals surface area contributed by atoms with Crippen LogP contribution in [0.15, 0.2) is 18.3 Å². The number of nitrogens with zero attached hydrogens (tertiary/aromatic N) is 2. The highest BCUT2D eigenvalue weighted by molar-refractivity contribution is 5.66. The van der Waals surface area contributed by atoms with Gasteiger partial charge < -0.3 is 10.4 Å². The molecule has 1 aromatic rings. The van der Waals surface area contributed by atoms with Crippen LogP contribution in [0.25, 0.3) is 0 Å². The lowest BCUT2D eigenvalue weighted by Crippen LogP contribution is -2.58. The minimum absolute atomic E-state index is 0.131. The first-order valence-electron chi connectivity index (χ1n) is 7.70.